The summed E-state index contributed by atoms with van der Waals surface area (Å²) in [6, 6.07) is 10.3. The van der Waals surface area contributed by atoms with Gasteiger partial charge in [0, 0.05) is 38.5 Å². The highest BCUT2D eigenvalue weighted by Crippen LogP contribution is 2.35. The van der Waals surface area contributed by atoms with E-state index in [9.17, 15) is 0 Å². The Balaban J connectivity index is 1.31. The fraction of sp³-hybridized carbons (Fsp3) is 0.235. The monoisotopic (exact) mass is 573 g/mol. The lowest BCUT2D eigenvalue weighted by Crippen LogP contribution is -2.14. The molecular formula is C34H35N7S. The molecule has 0 atom stereocenters. The molecule has 7 nitrogen and oxygen atoms in total. The van der Waals surface area contributed by atoms with Gasteiger partial charge in [0.2, 0.25) is 0 Å². The Morgan fingerprint density at radius 2 is 1.86 bits per heavy atom. The van der Waals surface area contributed by atoms with Crippen molar-refractivity contribution in [2.75, 3.05) is 5.32 Å². The van der Waals surface area contributed by atoms with Gasteiger partial charge in [-0.1, -0.05) is 51.2 Å². The van der Waals surface area contributed by atoms with E-state index in [4.69, 9.17) is 9.97 Å². The number of aromatic nitrogens is 6. The summed E-state index contributed by atoms with van der Waals surface area (Å²) in [6.45, 7) is 16.4. The Bertz CT molecular complexity index is 1830. The summed E-state index contributed by atoms with van der Waals surface area (Å²) < 4.78 is 0. The Morgan fingerprint density at radius 3 is 2.62 bits per heavy atom. The van der Waals surface area contributed by atoms with Crippen LogP contribution in [0.1, 0.15) is 60.2 Å². The SMILES string of the molecule is C=C/C=C(/c1ccc(C(=C)C)s1)c1nc(-c2n[nH]c3ccc(-c4cncc(NC(=C)C5CCCCC5)c4)nc23)[nH]c1C. The average molecular weight is 574 g/mol. The first-order valence-corrected chi connectivity index (χ1v) is 15.2. The number of imidazole rings is 1. The maximum atomic E-state index is 5.01. The molecule has 0 aliphatic heterocycles. The van der Waals surface area contributed by atoms with E-state index in [0.29, 0.717) is 17.4 Å². The van der Waals surface area contributed by atoms with Gasteiger partial charge in [-0.25, -0.2) is 9.97 Å². The second-order valence-electron chi connectivity index (χ2n) is 10.9. The summed E-state index contributed by atoms with van der Waals surface area (Å²) >= 11 is 1.69. The van der Waals surface area contributed by atoms with Crippen LogP contribution in [0.3, 0.4) is 0 Å². The Labute approximate surface area is 250 Å². The molecule has 1 fully saturated rings. The van der Waals surface area contributed by atoms with Crippen LogP contribution in [-0.2, 0) is 0 Å². The predicted octanol–water partition coefficient (Wildman–Crippen LogP) is 8.94. The normalized spacial score (nSPS) is 14.3. The summed E-state index contributed by atoms with van der Waals surface area (Å²) in [5.41, 5.74) is 9.81. The number of nitrogens with zero attached hydrogens (tertiary/aromatic N) is 4. The second kappa shape index (κ2) is 11.7. The van der Waals surface area contributed by atoms with Crippen molar-refractivity contribution in [2.45, 2.75) is 46.0 Å². The molecule has 3 N–H and O–H groups in total. The molecular weight excluding hydrogens is 538 g/mol. The van der Waals surface area contributed by atoms with Crippen molar-refractivity contribution >= 4 is 39.2 Å². The number of fused-ring (bicyclic) bond motifs is 1. The average Bonchev–Trinajstić information content (AvgIpc) is 3.75. The van der Waals surface area contributed by atoms with Crippen LogP contribution in [0.25, 0.3) is 45.0 Å². The Kier molecular flexibility index (Phi) is 7.71. The number of rotatable bonds is 9. The van der Waals surface area contributed by atoms with E-state index in [1.807, 2.05) is 44.4 Å². The van der Waals surface area contributed by atoms with E-state index >= 15 is 0 Å². The minimum absolute atomic E-state index is 0.516. The van der Waals surface area contributed by atoms with E-state index in [1.165, 1.54) is 32.1 Å². The number of pyridine rings is 2. The quantitative estimate of drug-likeness (QED) is 0.153. The molecule has 0 aromatic carbocycles. The molecule has 0 bridgehead atoms. The minimum atomic E-state index is 0.516. The predicted molar refractivity (Wildman–Crippen MR) is 175 cm³/mol. The van der Waals surface area contributed by atoms with Gasteiger partial charge in [-0.2, -0.15) is 5.10 Å². The van der Waals surface area contributed by atoms with Gasteiger partial charge in [-0.15, -0.1) is 11.3 Å². The highest BCUT2D eigenvalue weighted by Gasteiger charge is 2.20. The lowest BCUT2D eigenvalue weighted by molar-refractivity contribution is 0.405. The molecule has 5 heterocycles. The third-order valence-corrected chi connectivity index (χ3v) is 9.07. The van der Waals surface area contributed by atoms with Crippen molar-refractivity contribution < 1.29 is 0 Å². The van der Waals surface area contributed by atoms with Crippen molar-refractivity contribution in [3.8, 4) is 22.8 Å². The molecule has 5 aromatic heterocycles. The molecule has 5 aromatic rings. The number of H-pyrrole nitrogens is 2. The number of nitrogens with one attached hydrogen (secondary N) is 3. The standard InChI is InChI=1S/C34H35N7S/c1-6-10-26(30-16-15-29(42-30)20(2)3)31-22(5)37-34(39-31)33-32-28(40-41-33)14-13-27(38-32)24-17-25(19-35-18-24)36-21(4)23-11-8-7-9-12-23/h6,10,13-19,23,36H,1-2,4,7-9,11-12H2,3,5H3,(H,37,39)(H,40,41)/b26-10-. The first-order valence-electron chi connectivity index (χ1n) is 14.3. The van der Waals surface area contributed by atoms with Crippen LogP contribution in [0.15, 0.2) is 80.3 Å². The molecule has 8 heteroatoms. The van der Waals surface area contributed by atoms with Crippen LogP contribution >= 0.6 is 11.3 Å². The van der Waals surface area contributed by atoms with Crippen molar-refractivity contribution in [1.82, 2.24) is 30.1 Å². The molecule has 0 amide bonds. The molecule has 0 radical (unpaired) electrons. The summed E-state index contributed by atoms with van der Waals surface area (Å²) in [7, 11) is 0. The summed E-state index contributed by atoms with van der Waals surface area (Å²) in [5.74, 6) is 1.17. The number of anilines is 1. The van der Waals surface area contributed by atoms with Gasteiger partial charge in [-0.05, 0) is 68.5 Å². The Hall–Kier alpha value is -4.56. The largest absolute Gasteiger partial charge is 0.358 e. The maximum absolute atomic E-state index is 5.01. The first-order chi connectivity index (χ1) is 20.4. The van der Waals surface area contributed by atoms with E-state index in [-0.39, 0.29) is 0 Å². The molecule has 42 heavy (non-hydrogen) atoms. The number of allylic oxidation sites excluding steroid dienone is 4. The number of thiophene rings is 1. The highest BCUT2D eigenvalue weighted by molar-refractivity contribution is 7.14. The van der Waals surface area contributed by atoms with Gasteiger partial charge in [-0.3, -0.25) is 10.1 Å². The van der Waals surface area contributed by atoms with Crippen molar-refractivity contribution in [3.05, 3.63) is 101 Å². The van der Waals surface area contributed by atoms with E-state index < -0.39 is 0 Å². The zero-order chi connectivity index (χ0) is 29.2. The summed E-state index contributed by atoms with van der Waals surface area (Å²) in [4.78, 5) is 20.2. The van der Waals surface area contributed by atoms with Crippen molar-refractivity contribution in [3.63, 3.8) is 0 Å². The van der Waals surface area contributed by atoms with Gasteiger partial charge in [0.1, 0.15) is 5.52 Å². The third-order valence-electron chi connectivity index (χ3n) is 7.79. The number of aryl methyl sites for hydroxylation is 1. The molecule has 212 valence electrons. The van der Waals surface area contributed by atoms with Gasteiger partial charge in [0.15, 0.2) is 11.5 Å². The molecule has 1 aliphatic rings. The zero-order valence-corrected chi connectivity index (χ0v) is 24.9. The van der Waals surface area contributed by atoms with Gasteiger partial charge in [0.05, 0.1) is 28.8 Å². The number of hydrogen-bond acceptors (Lipinski definition) is 6. The molecule has 1 aliphatic carbocycles. The van der Waals surface area contributed by atoms with Crippen molar-refractivity contribution in [2.24, 2.45) is 5.92 Å². The summed E-state index contributed by atoms with van der Waals surface area (Å²) in [6.07, 6.45) is 13.7. The van der Waals surface area contributed by atoms with Gasteiger partial charge >= 0.3 is 0 Å². The first kappa shape index (κ1) is 27.6. The van der Waals surface area contributed by atoms with Gasteiger partial charge in [0.25, 0.3) is 0 Å². The number of aromatic amines is 2. The summed E-state index contributed by atoms with van der Waals surface area (Å²) in [5, 5.41) is 11.2. The van der Waals surface area contributed by atoms with Crippen LogP contribution in [0.4, 0.5) is 5.69 Å². The minimum Gasteiger partial charge on any atom is -0.358 e. The lowest BCUT2D eigenvalue weighted by atomic mass is 9.87. The molecule has 0 unspecified atom stereocenters. The van der Waals surface area contributed by atoms with Crippen LogP contribution in [-0.4, -0.2) is 30.1 Å². The maximum Gasteiger partial charge on any atom is 0.161 e. The second-order valence-corrected chi connectivity index (χ2v) is 12.0. The smallest absolute Gasteiger partial charge is 0.161 e. The molecule has 0 saturated heterocycles. The third kappa shape index (κ3) is 5.50. The van der Waals surface area contributed by atoms with E-state index in [0.717, 1.165) is 66.0 Å². The van der Waals surface area contributed by atoms with Crippen LogP contribution in [0, 0.1) is 12.8 Å². The fourth-order valence-corrected chi connectivity index (χ4v) is 6.51. The molecule has 6 rings (SSSR count). The van der Waals surface area contributed by atoms with Crippen LogP contribution < -0.4 is 5.32 Å². The van der Waals surface area contributed by atoms with Crippen LogP contribution in [0.5, 0.6) is 0 Å². The van der Waals surface area contributed by atoms with Crippen molar-refractivity contribution in [1.29, 1.82) is 0 Å². The topological polar surface area (TPSA) is 95.2 Å². The highest BCUT2D eigenvalue weighted by atomic mass is 32.1. The van der Waals surface area contributed by atoms with Crippen LogP contribution in [0.2, 0.25) is 0 Å². The molecule has 1 saturated carbocycles. The Morgan fingerprint density at radius 1 is 1.05 bits per heavy atom. The van der Waals surface area contributed by atoms with E-state index in [1.54, 1.807) is 17.4 Å². The molecule has 0 spiro atoms. The zero-order valence-electron chi connectivity index (χ0n) is 24.1. The number of hydrogen-bond donors (Lipinski definition) is 3. The lowest BCUT2D eigenvalue weighted by Gasteiger charge is -2.24. The van der Waals surface area contributed by atoms with E-state index in [2.05, 4.69) is 63.4 Å². The fourth-order valence-electron chi connectivity index (χ4n) is 5.55. The van der Waals surface area contributed by atoms with Gasteiger partial charge < -0.3 is 10.3 Å².